The van der Waals surface area contributed by atoms with E-state index in [1.165, 1.54) is 6.07 Å². The Balaban J connectivity index is 2.06. The minimum absolute atomic E-state index is 0.0678. The van der Waals surface area contributed by atoms with E-state index in [1.54, 1.807) is 18.2 Å². The average molecular weight is 293 g/mol. The van der Waals surface area contributed by atoms with Crippen molar-refractivity contribution in [3.05, 3.63) is 29.8 Å². The molecule has 0 saturated carbocycles. The Morgan fingerprint density at radius 2 is 2.25 bits per heavy atom. The van der Waals surface area contributed by atoms with Gasteiger partial charge in [0.2, 0.25) is 0 Å². The quantitative estimate of drug-likeness (QED) is 0.866. The maximum absolute atomic E-state index is 12.3. The highest BCUT2D eigenvalue weighted by Gasteiger charge is 2.25. The summed E-state index contributed by atoms with van der Waals surface area (Å²) < 4.78 is 24.6. The van der Waals surface area contributed by atoms with Gasteiger partial charge in [0.15, 0.2) is 9.84 Å². The molecule has 1 aliphatic heterocycles. The monoisotopic (exact) mass is 293 g/mol. The van der Waals surface area contributed by atoms with Gasteiger partial charge in [0.1, 0.15) is 0 Å². The summed E-state index contributed by atoms with van der Waals surface area (Å²) in [6, 6.07) is 8.44. The summed E-state index contributed by atoms with van der Waals surface area (Å²) in [6.45, 7) is 1.99. The maximum atomic E-state index is 12.3. The third kappa shape index (κ3) is 3.37. The molecule has 1 atom stereocenters. The SMILES string of the molecule is N#Cc1cccc(S(=O)(=O)CCN2CCCC2CN)c1. The van der Waals surface area contributed by atoms with E-state index >= 15 is 0 Å². The van der Waals surface area contributed by atoms with Gasteiger partial charge in [-0.25, -0.2) is 8.42 Å². The Morgan fingerprint density at radius 3 is 2.95 bits per heavy atom. The van der Waals surface area contributed by atoms with Crippen molar-refractivity contribution >= 4 is 9.84 Å². The van der Waals surface area contributed by atoms with E-state index in [4.69, 9.17) is 11.0 Å². The first kappa shape index (κ1) is 15.0. The van der Waals surface area contributed by atoms with Crippen LogP contribution in [-0.4, -0.2) is 44.7 Å². The Labute approximate surface area is 119 Å². The van der Waals surface area contributed by atoms with Gasteiger partial charge < -0.3 is 5.73 Å². The van der Waals surface area contributed by atoms with Gasteiger partial charge in [-0.2, -0.15) is 5.26 Å². The smallest absolute Gasteiger partial charge is 0.179 e. The zero-order valence-corrected chi connectivity index (χ0v) is 12.1. The fourth-order valence-electron chi connectivity index (χ4n) is 2.57. The molecule has 2 N–H and O–H groups in total. The van der Waals surface area contributed by atoms with Crippen LogP contribution in [0.25, 0.3) is 0 Å². The predicted octanol–water partition coefficient (Wildman–Crippen LogP) is 0.755. The summed E-state index contributed by atoms with van der Waals surface area (Å²) in [4.78, 5) is 2.37. The highest BCUT2D eigenvalue weighted by molar-refractivity contribution is 7.91. The molecular formula is C14H19N3O2S. The molecule has 1 heterocycles. The van der Waals surface area contributed by atoms with Gasteiger partial charge >= 0.3 is 0 Å². The third-order valence-corrected chi connectivity index (χ3v) is 5.43. The van der Waals surface area contributed by atoms with Crippen molar-refractivity contribution in [2.45, 2.75) is 23.8 Å². The van der Waals surface area contributed by atoms with Crippen LogP contribution in [0.2, 0.25) is 0 Å². The molecule has 0 amide bonds. The molecule has 0 aliphatic carbocycles. The second-order valence-electron chi connectivity index (χ2n) is 5.03. The molecular weight excluding hydrogens is 274 g/mol. The number of hydrogen-bond acceptors (Lipinski definition) is 5. The molecule has 5 nitrogen and oxygen atoms in total. The van der Waals surface area contributed by atoms with Gasteiger partial charge in [-0.3, -0.25) is 4.90 Å². The molecule has 0 spiro atoms. The zero-order chi connectivity index (χ0) is 14.6. The lowest BCUT2D eigenvalue weighted by atomic mass is 10.2. The molecule has 1 aromatic rings. The highest BCUT2D eigenvalue weighted by Crippen LogP contribution is 2.18. The molecule has 0 radical (unpaired) electrons. The minimum Gasteiger partial charge on any atom is -0.329 e. The first-order chi connectivity index (χ1) is 9.56. The van der Waals surface area contributed by atoms with Crippen molar-refractivity contribution in [1.82, 2.24) is 4.90 Å². The maximum Gasteiger partial charge on any atom is 0.179 e. The predicted molar refractivity (Wildman–Crippen MR) is 76.9 cm³/mol. The summed E-state index contributed by atoms with van der Waals surface area (Å²) in [7, 11) is -3.35. The fraction of sp³-hybridized carbons (Fsp3) is 0.500. The zero-order valence-electron chi connectivity index (χ0n) is 11.3. The molecule has 6 heteroatoms. The molecule has 1 aliphatic rings. The summed E-state index contributed by atoms with van der Waals surface area (Å²) in [5.74, 6) is 0.0678. The van der Waals surface area contributed by atoms with Crippen LogP contribution < -0.4 is 5.73 Å². The number of likely N-dealkylation sites (tertiary alicyclic amines) is 1. The van der Waals surface area contributed by atoms with E-state index in [1.807, 2.05) is 6.07 Å². The number of sulfone groups is 1. The number of rotatable bonds is 5. The second kappa shape index (κ2) is 6.35. The van der Waals surface area contributed by atoms with Crippen LogP contribution >= 0.6 is 0 Å². The van der Waals surface area contributed by atoms with Gasteiger partial charge in [-0.05, 0) is 37.6 Å². The molecule has 0 aromatic heterocycles. The standard InChI is InChI=1S/C14H19N3O2S/c15-10-12-3-1-5-14(9-12)20(18,19)8-7-17-6-2-4-13(17)11-16/h1,3,5,9,13H,2,4,6-8,11,16H2. The fourth-order valence-corrected chi connectivity index (χ4v) is 3.87. The number of nitriles is 1. The van der Waals surface area contributed by atoms with Crippen LogP contribution in [0.15, 0.2) is 29.2 Å². The lowest BCUT2D eigenvalue weighted by Gasteiger charge is -2.22. The number of nitrogens with zero attached hydrogens (tertiary/aromatic N) is 2. The van der Waals surface area contributed by atoms with Crippen molar-refractivity contribution in [3.63, 3.8) is 0 Å². The first-order valence-electron chi connectivity index (χ1n) is 6.74. The van der Waals surface area contributed by atoms with Crippen LogP contribution in [0.3, 0.4) is 0 Å². The lowest BCUT2D eigenvalue weighted by molar-refractivity contribution is 0.273. The van der Waals surface area contributed by atoms with Crippen molar-refractivity contribution < 1.29 is 8.42 Å². The molecule has 1 saturated heterocycles. The Morgan fingerprint density at radius 1 is 1.45 bits per heavy atom. The van der Waals surface area contributed by atoms with Gasteiger partial charge in [-0.1, -0.05) is 6.07 Å². The van der Waals surface area contributed by atoms with Crippen molar-refractivity contribution in [2.24, 2.45) is 5.73 Å². The molecule has 20 heavy (non-hydrogen) atoms. The van der Waals surface area contributed by atoms with Crippen LogP contribution in [0.1, 0.15) is 18.4 Å². The second-order valence-corrected chi connectivity index (χ2v) is 7.14. The van der Waals surface area contributed by atoms with E-state index in [-0.39, 0.29) is 10.6 Å². The largest absolute Gasteiger partial charge is 0.329 e. The van der Waals surface area contributed by atoms with Crippen LogP contribution in [0.4, 0.5) is 0 Å². The minimum atomic E-state index is -3.35. The molecule has 108 valence electrons. The van der Waals surface area contributed by atoms with Crippen LogP contribution in [0, 0.1) is 11.3 Å². The van der Waals surface area contributed by atoms with Gasteiger partial charge in [0.05, 0.1) is 22.3 Å². The molecule has 1 fully saturated rings. The third-order valence-electron chi connectivity index (χ3n) is 3.74. The average Bonchev–Trinajstić information content (AvgIpc) is 2.93. The van der Waals surface area contributed by atoms with Crippen molar-refractivity contribution in [2.75, 3.05) is 25.4 Å². The topological polar surface area (TPSA) is 87.2 Å². The Bertz CT molecular complexity index is 607. The summed E-state index contributed by atoms with van der Waals surface area (Å²) >= 11 is 0. The lowest BCUT2D eigenvalue weighted by Crippen LogP contribution is -2.38. The Kier molecular flexibility index (Phi) is 4.76. The van der Waals surface area contributed by atoms with Crippen LogP contribution in [0.5, 0.6) is 0 Å². The molecule has 1 aromatic carbocycles. The number of hydrogen-bond donors (Lipinski definition) is 1. The van der Waals surface area contributed by atoms with E-state index in [0.717, 1.165) is 19.4 Å². The van der Waals surface area contributed by atoms with E-state index < -0.39 is 9.84 Å². The van der Waals surface area contributed by atoms with E-state index in [2.05, 4.69) is 4.90 Å². The van der Waals surface area contributed by atoms with Crippen molar-refractivity contribution in [3.8, 4) is 6.07 Å². The van der Waals surface area contributed by atoms with Crippen molar-refractivity contribution in [1.29, 1.82) is 5.26 Å². The summed E-state index contributed by atoms with van der Waals surface area (Å²) in [5.41, 5.74) is 6.05. The van der Waals surface area contributed by atoms with Gasteiger partial charge in [0.25, 0.3) is 0 Å². The van der Waals surface area contributed by atoms with Crippen LogP contribution in [-0.2, 0) is 9.84 Å². The number of benzene rings is 1. The van der Waals surface area contributed by atoms with Gasteiger partial charge in [0, 0.05) is 19.1 Å². The van der Waals surface area contributed by atoms with E-state index in [0.29, 0.717) is 24.7 Å². The highest BCUT2D eigenvalue weighted by atomic mass is 32.2. The van der Waals surface area contributed by atoms with E-state index in [9.17, 15) is 8.42 Å². The summed E-state index contributed by atoms with van der Waals surface area (Å²) in [6.07, 6.45) is 2.12. The molecule has 2 rings (SSSR count). The first-order valence-corrected chi connectivity index (χ1v) is 8.39. The van der Waals surface area contributed by atoms with Gasteiger partial charge in [-0.15, -0.1) is 0 Å². The number of nitrogens with two attached hydrogens (primary N) is 1. The summed E-state index contributed by atoms with van der Waals surface area (Å²) in [5, 5.41) is 8.83. The molecule has 0 bridgehead atoms. The molecule has 1 unspecified atom stereocenters. The Hall–Kier alpha value is -1.42. The normalized spacial score (nSPS) is 19.9.